The number of aromatic nitrogens is 4. The molecule has 2 aromatic carbocycles. The summed E-state index contributed by atoms with van der Waals surface area (Å²) in [6, 6.07) is 5.37. The lowest BCUT2D eigenvalue weighted by atomic mass is 9.86. The molecule has 2 unspecified atom stereocenters. The largest absolute Gasteiger partial charge is 0.481 e. The fraction of sp³-hybridized carbons (Fsp3) is 0.259. The Morgan fingerprint density at radius 3 is 2.50 bits per heavy atom. The summed E-state index contributed by atoms with van der Waals surface area (Å²) in [5.41, 5.74) is 10.3. The molecule has 1 aliphatic heterocycles. The molecule has 13 nitrogen and oxygen atoms in total. The lowest BCUT2D eigenvalue weighted by Crippen LogP contribution is -2.41. The van der Waals surface area contributed by atoms with Gasteiger partial charge >= 0.3 is 12.1 Å². The zero-order chi connectivity index (χ0) is 31.8. The summed E-state index contributed by atoms with van der Waals surface area (Å²) in [5.74, 6) is -4.69. The number of halogens is 4. The van der Waals surface area contributed by atoms with Crippen LogP contribution in [-0.4, -0.2) is 67.7 Å². The van der Waals surface area contributed by atoms with E-state index >= 15 is 0 Å². The van der Waals surface area contributed by atoms with Crippen LogP contribution in [0.25, 0.3) is 16.6 Å². The molecule has 44 heavy (non-hydrogen) atoms. The van der Waals surface area contributed by atoms with Crippen LogP contribution in [0.5, 0.6) is 0 Å². The molecule has 0 bridgehead atoms. The summed E-state index contributed by atoms with van der Waals surface area (Å²) < 4.78 is 57.7. The van der Waals surface area contributed by atoms with E-state index in [0.717, 1.165) is 21.5 Å². The van der Waals surface area contributed by atoms with Gasteiger partial charge in [-0.1, -0.05) is 0 Å². The summed E-state index contributed by atoms with van der Waals surface area (Å²) >= 11 is 0. The average Bonchev–Trinajstić information content (AvgIpc) is 3.64. The number of carboxylic acid groups (broad SMARTS) is 1. The molecule has 0 saturated carbocycles. The molecule has 7 N–H and O–H groups in total. The second-order valence-electron chi connectivity index (χ2n) is 10.0. The van der Waals surface area contributed by atoms with Crippen LogP contribution in [0.15, 0.2) is 60.0 Å². The van der Waals surface area contributed by atoms with Gasteiger partial charge in [0, 0.05) is 29.3 Å². The van der Waals surface area contributed by atoms with E-state index < -0.39 is 54.1 Å². The van der Waals surface area contributed by atoms with Gasteiger partial charge in [-0.25, -0.2) is 14.1 Å². The summed E-state index contributed by atoms with van der Waals surface area (Å²) in [6.07, 6.45) is -2.81. The molecular weight excluding hydrogens is 590 g/mol. The molecule has 4 aromatic rings. The highest BCUT2D eigenvalue weighted by molar-refractivity contribution is 6.07. The Balaban J connectivity index is 1.69. The first-order chi connectivity index (χ1) is 20.8. The number of guanidine groups is 1. The number of amides is 2. The third-order valence-corrected chi connectivity index (χ3v) is 6.99. The number of rotatable bonds is 9. The highest BCUT2D eigenvalue weighted by Gasteiger charge is 2.37. The maximum atomic E-state index is 14.0. The van der Waals surface area contributed by atoms with Crippen LogP contribution >= 0.6 is 0 Å². The molecule has 17 heteroatoms. The van der Waals surface area contributed by atoms with Gasteiger partial charge in [-0.15, -0.1) is 0 Å². The van der Waals surface area contributed by atoms with Crippen LogP contribution in [0.2, 0.25) is 0 Å². The second-order valence-corrected chi connectivity index (χ2v) is 10.0. The van der Waals surface area contributed by atoms with E-state index in [2.05, 4.69) is 25.8 Å². The van der Waals surface area contributed by atoms with Crippen molar-refractivity contribution < 1.29 is 37.1 Å². The Morgan fingerprint density at radius 1 is 1.14 bits per heavy atom. The third-order valence-electron chi connectivity index (χ3n) is 6.99. The van der Waals surface area contributed by atoms with Gasteiger partial charge in [-0.2, -0.15) is 23.4 Å². The van der Waals surface area contributed by atoms with Gasteiger partial charge in [0.05, 0.1) is 48.2 Å². The summed E-state index contributed by atoms with van der Waals surface area (Å²) in [4.78, 5) is 41.4. The van der Waals surface area contributed by atoms with Gasteiger partial charge in [0.15, 0.2) is 5.96 Å². The second kappa shape index (κ2) is 11.7. The van der Waals surface area contributed by atoms with Gasteiger partial charge < -0.3 is 27.2 Å². The van der Waals surface area contributed by atoms with Crippen LogP contribution in [0, 0.1) is 0 Å². The zero-order valence-electron chi connectivity index (χ0n) is 22.6. The third kappa shape index (κ3) is 6.16. The number of alkyl halides is 4. The van der Waals surface area contributed by atoms with E-state index in [-0.39, 0.29) is 47.1 Å². The molecule has 1 aliphatic rings. The van der Waals surface area contributed by atoms with Crippen LogP contribution in [0.4, 0.5) is 23.2 Å². The number of fused-ring (bicyclic) bond motifs is 1. The van der Waals surface area contributed by atoms with E-state index in [1.807, 2.05) is 0 Å². The Bertz CT molecular complexity index is 1770. The van der Waals surface area contributed by atoms with Crippen LogP contribution in [0.3, 0.4) is 0 Å². The van der Waals surface area contributed by atoms with E-state index in [1.54, 1.807) is 0 Å². The van der Waals surface area contributed by atoms with Crippen LogP contribution < -0.4 is 22.1 Å². The molecule has 0 fully saturated rings. The standard InChI is InChI=1S/C27H25F4N9O4/c28-16-10-34-26(35-11-16)38-20-6-14(24(32)43)7-21-19(20)12-37-40(21)23(25(33)44)18(9-22(41)42)13-4-15(27(29,30)31)8-17(5-13)39-3-1-2-36-39/h1-8,12,16,18,23H,9-11H2,(H2,32,43)(H2,33,44)(H,41,42)(H2,34,35,38)/t18-,23?/m0/s1. The number of aliphatic imine (C=N–C) groups is 1. The molecule has 2 amide bonds. The van der Waals surface area contributed by atoms with E-state index in [0.29, 0.717) is 5.39 Å². The molecule has 0 aliphatic carbocycles. The van der Waals surface area contributed by atoms with Crippen molar-refractivity contribution in [3.05, 3.63) is 71.7 Å². The first-order valence-corrected chi connectivity index (χ1v) is 13.1. The Hall–Kier alpha value is -5.48. The molecule has 0 radical (unpaired) electrons. The lowest BCUT2D eigenvalue weighted by Gasteiger charge is -2.26. The van der Waals surface area contributed by atoms with Crippen molar-refractivity contribution in [3.8, 4) is 5.69 Å². The molecule has 0 saturated heterocycles. The monoisotopic (exact) mass is 615 g/mol. The first-order valence-electron chi connectivity index (χ1n) is 13.1. The van der Waals surface area contributed by atoms with Gasteiger partial charge in [-0.3, -0.25) is 19.1 Å². The number of nitrogens with two attached hydrogens (primary N) is 2. The van der Waals surface area contributed by atoms with Gasteiger partial charge in [0.25, 0.3) is 0 Å². The fourth-order valence-electron chi connectivity index (χ4n) is 5.00. The molecule has 3 heterocycles. The predicted molar refractivity (Wildman–Crippen MR) is 149 cm³/mol. The normalized spacial score (nSPS) is 16.5. The quantitative estimate of drug-likeness (QED) is 0.177. The number of carboxylic acids is 1. The van der Waals surface area contributed by atoms with E-state index in [9.17, 15) is 37.1 Å². The minimum Gasteiger partial charge on any atom is -0.481 e. The maximum Gasteiger partial charge on any atom is 0.416 e. The summed E-state index contributed by atoms with van der Waals surface area (Å²) in [5, 5.41) is 24.0. The number of benzene rings is 2. The number of nitrogens with one attached hydrogen (secondary N) is 2. The molecule has 230 valence electrons. The molecule has 0 spiro atoms. The molecule has 2 aromatic heterocycles. The van der Waals surface area contributed by atoms with Crippen molar-refractivity contribution in [1.82, 2.24) is 24.9 Å². The van der Waals surface area contributed by atoms with Crippen molar-refractivity contribution in [2.45, 2.75) is 30.7 Å². The zero-order valence-corrected chi connectivity index (χ0v) is 22.6. The van der Waals surface area contributed by atoms with Crippen LogP contribution in [0.1, 0.15) is 39.9 Å². The number of carbonyl (C=O) groups excluding carboxylic acids is 2. The summed E-state index contributed by atoms with van der Waals surface area (Å²) in [6.45, 7) is -0.146. The van der Waals surface area contributed by atoms with Crippen molar-refractivity contribution in [2.24, 2.45) is 16.5 Å². The van der Waals surface area contributed by atoms with E-state index in [1.165, 1.54) is 42.9 Å². The predicted octanol–water partition coefficient (Wildman–Crippen LogP) is 2.33. The van der Waals surface area contributed by atoms with Gasteiger partial charge in [0.1, 0.15) is 12.2 Å². The molecule has 5 rings (SSSR count). The number of hydrogen-bond donors (Lipinski definition) is 5. The summed E-state index contributed by atoms with van der Waals surface area (Å²) in [7, 11) is 0. The number of primary amides is 2. The number of nitrogens with zero attached hydrogens (tertiary/aromatic N) is 5. The van der Waals surface area contributed by atoms with Crippen molar-refractivity contribution in [2.75, 3.05) is 18.4 Å². The van der Waals surface area contributed by atoms with Gasteiger partial charge in [-0.05, 0) is 42.0 Å². The Labute approximate surface area is 245 Å². The smallest absolute Gasteiger partial charge is 0.416 e. The maximum absolute atomic E-state index is 14.0. The fourth-order valence-corrected chi connectivity index (χ4v) is 5.00. The van der Waals surface area contributed by atoms with Gasteiger partial charge in [0.2, 0.25) is 11.8 Å². The number of anilines is 1. The first kappa shape index (κ1) is 30.0. The average molecular weight is 616 g/mol. The lowest BCUT2D eigenvalue weighted by molar-refractivity contribution is -0.138. The highest BCUT2D eigenvalue weighted by atomic mass is 19.4. The van der Waals surface area contributed by atoms with E-state index in [4.69, 9.17) is 11.5 Å². The topological polar surface area (TPSA) is 196 Å². The SMILES string of the molecule is NC(=O)c1cc(NC2=NCC(F)CN2)c2cnn(C(C(N)=O)[C@@H](CC(=O)O)c3cc(-n4cccn4)cc(C(F)(F)F)c3)c2c1. The Morgan fingerprint density at radius 2 is 1.91 bits per heavy atom. The minimum absolute atomic E-state index is 0.0259. The minimum atomic E-state index is -4.83. The van der Waals surface area contributed by atoms with Crippen LogP contribution in [-0.2, 0) is 15.8 Å². The molecule has 3 atom stereocenters. The Kier molecular flexibility index (Phi) is 7.95. The van der Waals surface area contributed by atoms with Crippen molar-refractivity contribution in [1.29, 1.82) is 0 Å². The number of hydrogen-bond acceptors (Lipinski definition) is 8. The van der Waals surface area contributed by atoms with Crippen molar-refractivity contribution >= 4 is 40.3 Å². The highest BCUT2D eigenvalue weighted by Crippen LogP contribution is 2.39. The molecular formula is C27H25F4N9O4. The van der Waals surface area contributed by atoms with Crippen molar-refractivity contribution in [3.63, 3.8) is 0 Å². The number of aliphatic carboxylic acids is 1. The number of carbonyl (C=O) groups is 3.